The van der Waals surface area contributed by atoms with E-state index in [1.54, 1.807) is 0 Å². The van der Waals surface area contributed by atoms with Gasteiger partial charge in [0.05, 0.1) is 0 Å². The zero-order chi connectivity index (χ0) is 38.4. The van der Waals surface area contributed by atoms with Gasteiger partial charge in [-0.1, -0.05) is 206 Å². The molecule has 270 valence electrons. The number of fused-ring (bicyclic) bond motifs is 4. The van der Waals surface area contributed by atoms with Crippen LogP contribution in [0.1, 0.15) is 0 Å². The summed E-state index contributed by atoms with van der Waals surface area (Å²) in [5.74, 6) is 1.91. The number of nitrogens with zero attached hydrogens (tertiary/aromatic N) is 3. The van der Waals surface area contributed by atoms with Crippen molar-refractivity contribution in [2.24, 2.45) is 0 Å². The van der Waals surface area contributed by atoms with E-state index in [2.05, 4.69) is 194 Å². The van der Waals surface area contributed by atoms with E-state index < -0.39 is 0 Å². The first-order chi connectivity index (χ1) is 28.8. The van der Waals surface area contributed by atoms with Crippen LogP contribution in [0, 0.1) is 0 Å². The van der Waals surface area contributed by atoms with Gasteiger partial charge in [-0.3, -0.25) is 0 Å². The summed E-state index contributed by atoms with van der Waals surface area (Å²) in [5.41, 5.74) is 10.1. The Morgan fingerprint density at radius 2 is 0.534 bits per heavy atom. The molecule has 0 aliphatic carbocycles. The highest BCUT2D eigenvalue weighted by molar-refractivity contribution is 6.24. The third kappa shape index (κ3) is 5.64. The highest BCUT2D eigenvalue weighted by atomic mass is 15.0. The summed E-state index contributed by atoms with van der Waals surface area (Å²) in [4.78, 5) is 15.7. The fourth-order valence-corrected chi connectivity index (χ4v) is 8.75. The van der Waals surface area contributed by atoms with Gasteiger partial charge in [-0.25, -0.2) is 15.0 Å². The normalized spacial score (nSPS) is 11.4. The van der Waals surface area contributed by atoms with Crippen LogP contribution >= 0.6 is 0 Å². The second-order valence-corrected chi connectivity index (χ2v) is 14.7. The maximum Gasteiger partial charge on any atom is 0.164 e. The van der Waals surface area contributed by atoms with Crippen LogP contribution in [0.5, 0.6) is 0 Å². The molecule has 1 heterocycles. The molecule has 0 atom stereocenters. The molecular formula is C55H35N3. The van der Waals surface area contributed by atoms with Crippen molar-refractivity contribution in [3.8, 4) is 67.5 Å². The van der Waals surface area contributed by atoms with Crippen molar-refractivity contribution in [1.29, 1.82) is 0 Å². The van der Waals surface area contributed by atoms with Gasteiger partial charge in [0, 0.05) is 16.7 Å². The van der Waals surface area contributed by atoms with E-state index in [1.807, 2.05) is 18.2 Å². The van der Waals surface area contributed by atoms with E-state index in [0.29, 0.717) is 17.5 Å². The molecule has 3 heteroatoms. The predicted molar refractivity (Wildman–Crippen MR) is 242 cm³/mol. The zero-order valence-corrected chi connectivity index (χ0v) is 31.5. The number of rotatable bonds is 6. The summed E-state index contributed by atoms with van der Waals surface area (Å²) in [7, 11) is 0. The number of benzene rings is 10. The number of hydrogen-bond donors (Lipinski definition) is 0. The molecule has 11 aromatic rings. The lowest BCUT2D eigenvalue weighted by molar-refractivity contribution is 1.08. The minimum Gasteiger partial charge on any atom is -0.208 e. The fraction of sp³-hybridized carbons (Fsp3) is 0. The molecule has 0 aliphatic heterocycles. The Kier molecular flexibility index (Phi) is 8.15. The second kappa shape index (κ2) is 14.1. The SMILES string of the molecule is c1ccc(-c2nc(-c3cccc4c(-c5ccccc5)cccc34)nc(-c3ccc(-c4c5ccccc5c(-c5ccccc5)c5ccccc45)c4ccccc34)n2)cc1. The van der Waals surface area contributed by atoms with Crippen molar-refractivity contribution in [3.05, 3.63) is 212 Å². The Balaban J connectivity index is 1.15. The molecule has 0 spiro atoms. The van der Waals surface area contributed by atoms with Crippen LogP contribution in [0.4, 0.5) is 0 Å². The van der Waals surface area contributed by atoms with Crippen molar-refractivity contribution in [1.82, 2.24) is 15.0 Å². The molecule has 0 saturated heterocycles. The van der Waals surface area contributed by atoms with E-state index in [-0.39, 0.29) is 0 Å². The van der Waals surface area contributed by atoms with Gasteiger partial charge in [-0.05, 0) is 82.5 Å². The van der Waals surface area contributed by atoms with E-state index in [9.17, 15) is 0 Å². The van der Waals surface area contributed by atoms with E-state index in [1.165, 1.54) is 54.9 Å². The summed E-state index contributed by atoms with van der Waals surface area (Å²) < 4.78 is 0. The summed E-state index contributed by atoms with van der Waals surface area (Å²) in [6.07, 6.45) is 0. The van der Waals surface area contributed by atoms with Gasteiger partial charge in [-0.2, -0.15) is 0 Å². The Morgan fingerprint density at radius 3 is 1.09 bits per heavy atom. The number of aromatic nitrogens is 3. The molecule has 58 heavy (non-hydrogen) atoms. The Bertz CT molecular complexity index is 3260. The van der Waals surface area contributed by atoms with Gasteiger partial charge in [0.25, 0.3) is 0 Å². The van der Waals surface area contributed by atoms with Gasteiger partial charge in [0.15, 0.2) is 17.5 Å². The first-order valence-electron chi connectivity index (χ1n) is 19.7. The summed E-state index contributed by atoms with van der Waals surface area (Å²) >= 11 is 0. The van der Waals surface area contributed by atoms with Gasteiger partial charge in [-0.15, -0.1) is 0 Å². The van der Waals surface area contributed by atoms with Crippen LogP contribution in [0.3, 0.4) is 0 Å². The minimum absolute atomic E-state index is 0.636. The number of hydrogen-bond acceptors (Lipinski definition) is 3. The minimum atomic E-state index is 0.636. The maximum atomic E-state index is 5.33. The largest absolute Gasteiger partial charge is 0.208 e. The summed E-state index contributed by atoms with van der Waals surface area (Å²) in [5, 5.41) is 9.38. The molecule has 0 fully saturated rings. The standard InChI is InChI=1S/C55H35N3/c1-4-18-36(19-5-1)39-30-16-32-43-40(39)31-17-33-49(43)54-56-53(38-22-8-3-9-23-38)57-55(58-54)50-35-34-48(41-24-10-11-25-42(41)50)52-46-28-14-12-26-44(46)51(37-20-6-2-7-21-37)45-27-13-15-29-47(45)52/h1-35H. The van der Waals surface area contributed by atoms with Crippen molar-refractivity contribution >= 4 is 43.1 Å². The Morgan fingerprint density at radius 1 is 0.190 bits per heavy atom. The molecular weight excluding hydrogens is 703 g/mol. The molecule has 0 unspecified atom stereocenters. The smallest absolute Gasteiger partial charge is 0.164 e. The first-order valence-corrected chi connectivity index (χ1v) is 19.7. The van der Waals surface area contributed by atoms with Crippen molar-refractivity contribution in [3.63, 3.8) is 0 Å². The molecule has 10 aromatic carbocycles. The molecule has 0 N–H and O–H groups in total. The van der Waals surface area contributed by atoms with Crippen LogP contribution in [0.2, 0.25) is 0 Å². The Hall–Kier alpha value is -7.75. The van der Waals surface area contributed by atoms with Crippen LogP contribution in [-0.2, 0) is 0 Å². The second-order valence-electron chi connectivity index (χ2n) is 14.7. The van der Waals surface area contributed by atoms with Gasteiger partial charge >= 0.3 is 0 Å². The summed E-state index contributed by atoms with van der Waals surface area (Å²) in [6.45, 7) is 0. The van der Waals surface area contributed by atoms with E-state index in [0.717, 1.165) is 38.2 Å². The lowest BCUT2D eigenvalue weighted by atomic mass is 9.84. The molecule has 11 rings (SSSR count). The van der Waals surface area contributed by atoms with Gasteiger partial charge in [0.1, 0.15) is 0 Å². The fourth-order valence-electron chi connectivity index (χ4n) is 8.75. The molecule has 0 aliphatic rings. The highest BCUT2D eigenvalue weighted by Gasteiger charge is 2.21. The van der Waals surface area contributed by atoms with Crippen molar-refractivity contribution in [2.45, 2.75) is 0 Å². The molecule has 3 nitrogen and oxygen atoms in total. The van der Waals surface area contributed by atoms with Crippen molar-refractivity contribution < 1.29 is 0 Å². The summed E-state index contributed by atoms with van der Waals surface area (Å²) in [6, 6.07) is 75.2. The van der Waals surface area contributed by atoms with Crippen LogP contribution in [-0.4, -0.2) is 15.0 Å². The molecule has 1 aromatic heterocycles. The predicted octanol–water partition coefficient (Wildman–Crippen LogP) is 14.5. The van der Waals surface area contributed by atoms with Crippen LogP contribution < -0.4 is 0 Å². The monoisotopic (exact) mass is 737 g/mol. The van der Waals surface area contributed by atoms with Gasteiger partial charge in [0.2, 0.25) is 0 Å². The third-order valence-corrected chi connectivity index (χ3v) is 11.3. The van der Waals surface area contributed by atoms with E-state index in [4.69, 9.17) is 15.0 Å². The average Bonchev–Trinajstić information content (AvgIpc) is 3.31. The molecule has 0 saturated carbocycles. The quantitative estimate of drug-likeness (QED) is 0.160. The lowest BCUT2D eigenvalue weighted by Crippen LogP contribution is -2.01. The van der Waals surface area contributed by atoms with Gasteiger partial charge < -0.3 is 0 Å². The third-order valence-electron chi connectivity index (χ3n) is 11.3. The van der Waals surface area contributed by atoms with Crippen LogP contribution in [0.15, 0.2) is 212 Å². The van der Waals surface area contributed by atoms with Crippen molar-refractivity contribution in [2.75, 3.05) is 0 Å². The topological polar surface area (TPSA) is 38.7 Å². The molecule has 0 bridgehead atoms. The zero-order valence-electron chi connectivity index (χ0n) is 31.5. The lowest BCUT2D eigenvalue weighted by Gasteiger charge is -2.19. The highest BCUT2D eigenvalue weighted by Crippen LogP contribution is 2.46. The molecule has 0 amide bonds. The van der Waals surface area contributed by atoms with Crippen LogP contribution in [0.25, 0.3) is 111 Å². The van der Waals surface area contributed by atoms with E-state index >= 15 is 0 Å². The molecule has 0 radical (unpaired) electrons. The maximum absolute atomic E-state index is 5.33. The Labute approximate surface area is 336 Å². The average molecular weight is 738 g/mol. The first kappa shape index (κ1) is 33.6.